The molecule has 106 valence electrons. The number of carbonyl (C=O) groups excluding carboxylic acids is 1. The summed E-state index contributed by atoms with van der Waals surface area (Å²) < 4.78 is 0. The lowest BCUT2D eigenvalue weighted by Gasteiger charge is -2.34. The lowest BCUT2D eigenvalue weighted by Crippen LogP contribution is -2.52. The lowest BCUT2D eigenvalue weighted by atomic mass is 10.1. The summed E-state index contributed by atoms with van der Waals surface area (Å²) in [6.45, 7) is 7.31. The molecule has 0 radical (unpaired) electrons. The number of aromatic nitrogens is 1. The van der Waals surface area contributed by atoms with Crippen molar-refractivity contribution in [2.24, 2.45) is 0 Å². The number of thiazole rings is 1. The van der Waals surface area contributed by atoms with Gasteiger partial charge < -0.3 is 15.3 Å². The molecular formula is C12H19N3O3S. The van der Waals surface area contributed by atoms with E-state index in [1.807, 2.05) is 6.92 Å². The Morgan fingerprint density at radius 1 is 1.47 bits per heavy atom. The third-order valence-electron chi connectivity index (χ3n) is 2.41. The van der Waals surface area contributed by atoms with Gasteiger partial charge >= 0.3 is 12.0 Å². The Labute approximate surface area is 116 Å². The van der Waals surface area contributed by atoms with Gasteiger partial charge in [-0.3, -0.25) is 4.79 Å². The molecule has 0 aliphatic carbocycles. The summed E-state index contributed by atoms with van der Waals surface area (Å²) in [7, 11) is 0. The Hall–Kier alpha value is -1.63. The number of rotatable bonds is 4. The number of nitrogens with one attached hydrogen (secondary N) is 1. The van der Waals surface area contributed by atoms with Crippen molar-refractivity contribution in [2.75, 3.05) is 6.54 Å². The van der Waals surface area contributed by atoms with Crippen molar-refractivity contribution in [1.82, 2.24) is 15.2 Å². The Kier molecular flexibility index (Phi) is 4.88. The van der Waals surface area contributed by atoms with E-state index in [-0.39, 0.29) is 6.54 Å². The monoisotopic (exact) mass is 285 g/mol. The fourth-order valence-corrected chi connectivity index (χ4v) is 2.21. The van der Waals surface area contributed by atoms with Crippen LogP contribution >= 0.6 is 11.3 Å². The van der Waals surface area contributed by atoms with Gasteiger partial charge in [0.25, 0.3) is 0 Å². The van der Waals surface area contributed by atoms with Gasteiger partial charge in [-0.1, -0.05) is 0 Å². The topological polar surface area (TPSA) is 82.5 Å². The van der Waals surface area contributed by atoms with Gasteiger partial charge in [0.05, 0.1) is 6.54 Å². The Morgan fingerprint density at radius 3 is 2.53 bits per heavy atom. The van der Waals surface area contributed by atoms with E-state index >= 15 is 0 Å². The highest BCUT2D eigenvalue weighted by molar-refractivity contribution is 7.11. The number of carboxylic acid groups (broad SMARTS) is 1. The molecule has 0 saturated heterocycles. The maximum Gasteiger partial charge on any atom is 0.323 e. The van der Waals surface area contributed by atoms with Gasteiger partial charge in [-0.2, -0.15) is 0 Å². The van der Waals surface area contributed by atoms with Gasteiger partial charge in [0, 0.05) is 16.6 Å². The highest BCUT2D eigenvalue weighted by Crippen LogP contribution is 2.14. The quantitative estimate of drug-likeness (QED) is 0.884. The van der Waals surface area contributed by atoms with Crippen LogP contribution in [-0.4, -0.2) is 39.1 Å². The maximum absolute atomic E-state index is 12.0. The molecule has 0 aliphatic rings. The number of carboxylic acids is 1. The molecule has 7 heteroatoms. The number of amides is 2. The van der Waals surface area contributed by atoms with E-state index in [2.05, 4.69) is 10.3 Å². The first-order chi connectivity index (χ1) is 8.70. The zero-order chi connectivity index (χ0) is 14.6. The number of carbonyl (C=O) groups is 2. The van der Waals surface area contributed by atoms with E-state index < -0.39 is 17.5 Å². The van der Waals surface area contributed by atoms with E-state index in [1.54, 1.807) is 27.0 Å². The second-order valence-electron chi connectivity index (χ2n) is 5.17. The number of hydrogen-bond donors (Lipinski definition) is 2. The number of aliphatic carboxylic acids is 1. The Morgan fingerprint density at radius 2 is 2.11 bits per heavy atom. The van der Waals surface area contributed by atoms with Crippen LogP contribution in [0.25, 0.3) is 0 Å². The predicted octanol–water partition coefficient (Wildman–Crippen LogP) is 1.85. The van der Waals surface area contributed by atoms with Gasteiger partial charge in [-0.15, -0.1) is 11.3 Å². The Bertz CT molecular complexity index is 465. The van der Waals surface area contributed by atoms with Crippen LogP contribution in [0.2, 0.25) is 0 Å². The number of hydrogen-bond acceptors (Lipinski definition) is 4. The third kappa shape index (κ3) is 4.86. The van der Waals surface area contributed by atoms with Crippen LogP contribution in [0.5, 0.6) is 0 Å². The van der Waals surface area contributed by atoms with Gasteiger partial charge in [0.1, 0.15) is 11.6 Å². The van der Waals surface area contributed by atoms with Gasteiger partial charge in [-0.25, -0.2) is 9.78 Å². The summed E-state index contributed by atoms with van der Waals surface area (Å²) in [5.41, 5.74) is -0.554. The smallest absolute Gasteiger partial charge is 0.323 e. The molecule has 1 aromatic heterocycles. The van der Waals surface area contributed by atoms with Gasteiger partial charge in [0.2, 0.25) is 0 Å². The molecule has 2 amide bonds. The fourth-order valence-electron chi connectivity index (χ4n) is 1.48. The molecule has 0 unspecified atom stereocenters. The van der Waals surface area contributed by atoms with Crippen LogP contribution in [0.15, 0.2) is 6.20 Å². The summed E-state index contributed by atoms with van der Waals surface area (Å²) in [5.74, 6) is -1.03. The molecule has 0 aromatic carbocycles. The van der Waals surface area contributed by atoms with Crippen LogP contribution < -0.4 is 5.32 Å². The van der Waals surface area contributed by atoms with Crippen molar-refractivity contribution in [3.8, 4) is 0 Å². The fraction of sp³-hybridized carbons (Fsp3) is 0.583. The molecule has 0 aliphatic heterocycles. The van der Waals surface area contributed by atoms with Crippen molar-refractivity contribution < 1.29 is 14.7 Å². The van der Waals surface area contributed by atoms with Crippen LogP contribution in [0.3, 0.4) is 0 Å². The molecule has 19 heavy (non-hydrogen) atoms. The van der Waals surface area contributed by atoms with E-state index in [9.17, 15) is 9.59 Å². The molecule has 0 saturated carbocycles. The average Bonchev–Trinajstić information content (AvgIpc) is 2.67. The predicted molar refractivity (Wildman–Crippen MR) is 73.2 cm³/mol. The number of nitrogens with zero attached hydrogens (tertiary/aromatic N) is 2. The van der Waals surface area contributed by atoms with E-state index in [0.29, 0.717) is 6.54 Å². The van der Waals surface area contributed by atoms with E-state index in [1.165, 1.54) is 16.2 Å². The van der Waals surface area contributed by atoms with Crippen molar-refractivity contribution in [3.05, 3.63) is 16.1 Å². The summed E-state index contributed by atoms with van der Waals surface area (Å²) in [6.07, 6.45) is 1.74. The lowest BCUT2D eigenvalue weighted by molar-refractivity contribution is -0.138. The molecule has 0 bridgehead atoms. The summed E-state index contributed by atoms with van der Waals surface area (Å²) in [4.78, 5) is 29.3. The zero-order valence-corrected chi connectivity index (χ0v) is 12.4. The van der Waals surface area contributed by atoms with Gasteiger partial charge in [-0.05, 0) is 27.7 Å². The summed E-state index contributed by atoms with van der Waals surface area (Å²) in [5, 5.41) is 12.3. The standard InChI is InChI=1S/C12H19N3O3S/c1-8-5-13-9(19-8)6-14-11(18)15(7-10(16)17)12(2,3)4/h5H,6-7H2,1-4H3,(H,14,18)(H,16,17). The van der Waals surface area contributed by atoms with Crippen LogP contribution in [-0.2, 0) is 11.3 Å². The molecular weight excluding hydrogens is 266 g/mol. The van der Waals surface area contributed by atoms with Crippen molar-refractivity contribution in [2.45, 2.75) is 39.8 Å². The summed E-state index contributed by atoms with van der Waals surface area (Å²) >= 11 is 1.50. The molecule has 6 nitrogen and oxygen atoms in total. The van der Waals surface area contributed by atoms with Gasteiger partial charge in [0.15, 0.2) is 0 Å². The van der Waals surface area contributed by atoms with Crippen molar-refractivity contribution >= 4 is 23.3 Å². The van der Waals surface area contributed by atoms with Crippen molar-refractivity contribution in [3.63, 3.8) is 0 Å². The normalized spacial score (nSPS) is 11.2. The largest absolute Gasteiger partial charge is 0.480 e. The molecule has 1 heterocycles. The zero-order valence-electron chi connectivity index (χ0n) is 11.6. The summed E-state index contributed by atoms with van der Waals surface area (Å²) in [6, 6.07) is -0.400. The molecule has 1 rings (SSSR count). The molecule has 0 spiro atoms. The first-order valence-electron chi connectivity index (χ1n) is 5.88. The highest BCUT2D eigenvalue weighted by Gasteiger charge is 2.28. The van der Waals surface area contributed by atoms with Crippen molar-refractivity contribution in [1.29, 1.82) is 0 Å². The first-order valence-corrected chi connectivity index (χ1v) is 6.70. The number of aryl methyl sites for hydroxylation is 1. The second-order valence-corrected chi connectivity index (χ2v) is 6.49. The van der Waals surface area contributed by atoms with Crippen LogP contribution in [0.1, 0.15) is 30.7 Å². The van der Waals surface area contributed by atoms with Crippen LogP contribution in [0, 0.1) is 6.92 Å². The third-order valence-corrected chi connectivity index (χ3v) is 3.32. The SMILES string of the molecule is Cc1cnc(CNC(=O)N(CC(=O)O)C(C)(C)C)s1. The Balaban J connectivity index is 2.64. The minimum absolute atomic E-state index is 0.309. The minimum Gasteiger partial charge on any atom is -0.480 e. The number of urea groups is 1. The molecule has 0 fully saturated rings. The average molecular weight is 285 g/mol. The molecule has 0 atom stereocenters. The van der Waals surface area contributed by atoms with E-state index in [4.69, 9.17) is 5.11 Å². The molecule has 2 N–H and O–H groups in total. The highest BCUT2D eigenvalue weighted by atomic mass is 32.1. The maximum atomic E-state index is 12.0. The second kappa shape index (κ2) is 6.01. The van der Waals surface area contributed by atoms with Crippen LogP contribution in [0.4, 0.5) is 4.79 Å². The molecule has 1 aromatic rings. The minimum atomic E-state index is -1.03. The van der Waals surface area contributed by atoms with E-state index in [0.717, 1.165) is 9.88 Å². The first kappa shape index (κ1) is 15.4.